The van der Waals surface area contributed by atoms with E-state index in [4.69, 9.17) is 4.74 Å². The first kappa shape index (κ1) is 18.9. The fourth-order valence-corrected chi connectivity index (χ4v) is 3.83. The van der Waals surface area contributed by atoms with Crippen molar-refractivity contribution in [3.63, 3.8) is 0 Å². The zero-order valence-corrected chi connectivity index (χ0v) is 16.6. The smallest absolute Gasteiger partial charge is 0.258 e. The van der Waals surface area contributed by atoms with Gasteiger partial charge in [-0.15, -0.1) is 0 Å². The number of para-hydroxylation sites is 1. The molecule has 2 aromatic heterocycles. The highest BCUT2D eigenvalue weighted by molar-refractivity contribution is 5.78. The monoisotopic (exact) mass is 388 g/mol. The summed E-state index contributed by atoms with van der Waals surface area (Å²) in [6, 6.07) is 15.1. The summed E-state index contributed by atoms with van der Waals surface area (Å²) in [6.45, 7) is 4.10. The molecule has 1 aromatic carbocycles. The van der Waals surface area contributed by atoms with Gasteiger partial charge in [0.05, 0.1) is 5.69 Å². The topological polar surface area (TPSA) is 69.0 Å². The molecule has 2 unspecified atom stereocenters. The van der Waals surface area contributed by atoms with Crippen molar-refractivity contribution in [3.8, 4) is 11.6 Å². The summed E-state index contributed by atoms with van der Waals surface area (Å²) in [7, 11) is 0. The molecule has 148 valence electrons. The van der Waals surface area contributed by atoms with Gasteiger partial charge in [-0.2, -0.15) is 5.10 Å². The standard InChI is InChI=1S/C23H24N4O2/c1-16-23(17(2)27(26-16)21-10-6-7-13-24-21)18-11-12-19(14-18)25-22(28)15-29-20-8-4-3-5-9-20/h3-13,18-19H,14-15H2,1-2H3,(H,25,28). The van der Waals surface area contributed by atoms with Gasteiger partial charge in [0.25, 0.3) is 5.91 Å². The van der Waals surface area contributed by atoms with Gasteiger partial charge in [0.1, 0.15) is 5.75 Å². The Bertz CT molecular complexity index is 1010. The fraction of sp³-hybridized carbons (Fsp3) is 0.261. The van der Waals surface area contributed by atoms with E-state index >= 15 is 0 Å². The zero-order chi connectivity index (χ0) is 20.2. The molecule has 2 atom stereocenters. The molecule has 1 amide bonds. The Morgan fingerprint density at radius 3 is 2.69 bits per heavy atom. The van der Waals surface area contributed by atoms with Crippen LogP contribution in [0.15, 0.2) is 66.9 Å². The van der Waals surface area contributed by atoms with E-state index in [1.54, 1.807) is 6.20 Å². The van der Waals surface area contributed by atoms with E-state index in [0.717, 1.165) is 23.6 Å². The lowest BCUT2D eigenvalue weighted by Gasteiger charge is -2.15. The van der Waals surface area contributed by atoms with Gasteiger partial charge < -0.3 is 10.1 Å². The Kier molecular flexibility index (Phi) is 5.42. The normalized spacial score (nSPS) is 18.0. The molecule has 0 fully saturated rings. The number of nitrogens with zero attached hydrogens (tertiary/aromatic N) is 3. The molecule has 29 heavy (non-hydrogen) atoms. The van der Waals surface area contributed by atoms with Gasteiger partial charge in [-0.1, -0.05) is 36.4 Å². The Labute approximate surface area is 170 Å². The van der Waals surface area contributed by atoms with Crippen molar-refractivity contribution in [2.24, 2.45) is 0 Å². The van der Waals surface area contributed by atoms with Gasteiger partial charge in [0.15, 0.2) is 12.4 Å². The average molecular weight is 388 g/mol. The van der Waals surface area contributed by atoms with Crippen LogP contribution in [-0.2, 0) is 4.79 Å². The predicted octanol–water partition coefficient (Wildman–Crippen LogP) is 3.49. The summed E-state index contributed by atoms with van der Waals surface area (Å²) in [6.07, 6.45) is 6.79. The summed E-state index contributed by atoms with van der Waals surface area (Å²) in [5, 5.41) is 7.72. The molecular formula is C23H24N4O2. The Morgan fingerprint density at radius 1 is 1.14 bits per heavy atom. The minimum atomic E-state index is -0.123. The third-order valence-corrected chi connectivity index (χ3v) is 5.13. The number of benzene rings is 1. The molecule has 0 saturated carbocycles. The highest BCUT2D eigenvalue weighted by atomic mass is 16.5. The molecule has 0 aliphatic heterocycles. The van der Waals surface area contributed by atoms with E-state index in [0.29, 0.717) is 5.75 Å². The molecule has 0 bridgehead atoms. The number of carbonyl (C=O) groups is 1. The lowest BCUT2D eigenvalue weighted by molar-refractivity contribution is -0.123. The van der Waals surface area contributed by atoms with Gasteiger partial charge in [-0.25, -0.2) is 9.67 Å². The highest BCUT2D eigenvalue weighted by Gasteiger charge is 2.27. The molecule has 1 N–H and O–H groups in total. The Hall–Kier alpha value is -3.41. The molecule has 4 rings (SSSR count). The van der Waals surface area contributed by atoms with Crippen molar-refractivity contribution in [3.05, 3.63) is 83.8 Å². The number of amides is 1. The lowest BCUT2D eigenvalue weighted by Crippen LogP contribution is -2.36. The molecule has 0 radical (unpaired) electrons. The lowest BCUT2D eigenvalue weighted by atomic mass is 9.96. The van der Waals surface area contributed by atoms with Crippen LogP contribution >= 0.6 is 0 Å². The van der Waals surface area contributed by atoms with Gasteiger partial charge in [-0.3, -0.25) is 4.79 Å². The van der Waals surface area contributed by atoms with Gasteiger partial charge in [-0.05, 0) is 44.5 Å². The number of aryl methyl sites for hydroxylation is 1. The number of allylic oxidation sites excluding steroid dienone is 1. The van der Waals surface area contributed by atoms with Crippen molar-refractivity contribution in [2.75, 3.05) is 6.61 Å². The second-order valence-corrected chi connectivity index (χ2v) is 7.19. The van der Waals surface area contributed by atoms with Crippen molar-refractivity contribution >= 4 is 5.91 Å². The van der Waals surface area contributed by atoms with Crippen molar-refractivity contribution in [1.82, 2.24) is 20.1 Å². The minimum absolute atomic E-state index is 0.00862. The SMILES string of the molecule is Cc1nn(-c2ccccn2)c(C)c1C1C=CC(NC(=O)COc2ccccc2)C1. The highest BCUT2D eigenvalue weighted by Crippen LogP contribution is 2.33. The van der Waals surface area contributed by atoms with Crippen molar-refractivity contribution in [2.45, 2.75) is 32.2 Å². The first-order valence-electron chi connectivity index (χ1n) is 9.75. The molecule has 3 aromatic rings. The third-order valence-electron chi connectivity index (χ3n) is 5.13. The number of aromatic nitrogens is 3. The minimum Gasteiger partial charge on any atom is -0.484 e. The Balaban J connectivity index is 1.38. The zero-order valence-electron chi connectivity index (χ0n) is 16.6. The number of hydrogen-bond donors (Lipinski definition) is 1. The van der Waals surface area contributed by atoms with E-state index in [-0.39, 0.29) is 24.5 Å². The van der Waals surface area contributed by atoms with Crippen LogP contribution in [0.1, 0.15) is 29.3 Å². The number of pyridine rings is 1. The third kappa shape index (κ3) is 4.21. The first-order chi connectivity index (χ1) is 14.1. The maximum absolute atomic E-state index is 12.2. The van der Waals surface area contributed by atoms with Crippen LogP contribution in [0.25, 0.3) is 5.82 Å². The largest absolute Gasteiger partial charge is 0.484 e. The summed E-state index contributed by atoms with van der Waals surface area (Å²) in [4.78, 5) is 16.6. The second kappa shape index (κ2) is 8.31. The number of ether oxygens (including phenoxy) is 1. The van der Waals surface area contributed by atoms with Crippen molar-refractivity contribution < 1.29 is 9.53 Å². The van der Waals surface area contributed by atoms with Crippen LogP contribution in [0.2, 0.25) is 0 Å². The van der Waals surface area contributed by atoms with E-state index < -0.39 is 0 Å². The van der Waals surface area contributed by atoms with Crippen LogP contribution < -0.4 is 10.1 Å². The maximum atomic E-state index is 12.2. The number of carbonyl (C=O) groups excluding carboxylic acids is 1. The maximum Gasteiger partial charge on any atom is 0.258 e. The average Bonchev–Trinajstić information content (AvgIpc) is 3.31. The number of hydrogen-bond acceptors (Lipinski definition) is 4. The van der Waals surface area contributed by atoms with Crippen LogP contribution in [0.3, 0.4) is 0 Å². The molecule has 1 aliphatic carbocycles. The molecule has 2 heterocycles. The second-order valence-electron chi connectivity index (χ2n) is 7.19. The van der Waals surface area contributed by atoms with E-state index in [1.807, 2.05) is 60.1 Å². The van der Waals surface area contributed by atoms with E-state index in [2.05, 4.69) is 34.5 Å². The fourth-order valence-electron chi connectivity index (χ4n) is 3.83. The summed E-state index contributed by atoms with van der Waals surface area (Å²) >= 11 is 0. The summed E-state index contributed by atoms with van der Waals surface area (Å²) in [5.74, 6) is 1.59. The predicted molar refractivity (Wildman–Crippen MR) is 111 cm³/mol. The van der Waals surface area contributed by atoms with E-state index in [9.17, 15) is 4.79 Å². The van der Waals surface area contributed by atoms with Crippen LogP contribution in [-0.4, -0.2) is 33.3 Å². The van der Waals surface area contributed by atoms with Crippen LogP contribution in [0.4, 0.5) is 0 Å². The Morgan fingerprint density at radius 2 is 1.93 bits per heavy atom. The quantitative estimate of drug-likeness (QED) is 0.657. The van der Waals surface area contributed by atoms with Crippen LogP contribution in [0.5, 0.6) is 5.75 Å². The molecule has 0 saturated heterocycles. The van der Waals surface area contributed by atoms with Crippen molar-refractivity contribution in [1.29, 1.82) is 0 Å². The summed E-state index contributed by atoms with van der Waals surface area (Å²) in [5.41, 5.74) is 3.27. The molecule has 0 spiro atoms. The molecule has 1 aliphatic rings. The van der Waals surface area contributed by atoms with Crippen LogP contribution in [0, 0.1) is 13.8 Å². The molecule has 6 heteroatoms. The summed E-state index contributed by atoms with van der Waals surface area (Å²) < 4.78 is 7.41. The molecular weight excluding hydrogens is 364 g/mol. The van der Waals surface area contributed by atoms with Gasteiger partial charge in [0.2, 0.25) is 0 Å². The van der Waals surface area contributed by atoms with Gasteiger partial charge in [0, 0.05) is 29.4 Å². The molecule has 6 nitrogen and oxygen atoms in total. The van der Waals surface area contributed by atoms with E-state index in [1.165, 1.54) is 5.56 Å². The number of nitrogens with one attached hydrogen (secondary N) is 1. The van der Waals surface area contributed by atoms with Gasteiger partial charge >= 0.3 is 0 Å². The first-order valence-corrected chi connectivity index (χ1v) is 9.75. The number of rotatable bonds is 6.